The van der Waals surface area contributed by atoms with Crippen LogP contribution in [0.3, 0.4) is 0 Å². The topological polar surface area (TPSA) is 97.6 Å². The summed E-state index contributed by atoms with van der Waals surface area (Å²) in [5.41, 5.74) is 1.81. The average molecular weight is 632 g/mol. The summed E-state index contributed by atoms with van der Waals surface area (Å²) < 4.78 is 30.2. The van der Waals surface area contributed by atoms with Crippen LogP contribution in [0.5, 0.6) is 17.2 Å². The molecule has 1 aliphatic heterocycles. The number of carbonyl (C=O) groups is 1. The fraction of sp³-hybridized carbons (Fsp3) is 0.345. The summed E-state index contributed by atoms with van der Waals surface area (Å²) in [6, 6.07) is 10.1. The second-order valence-electron chi connectivity index (χ2n) is 9.14. The number of hydrogen-bond donors (Lipinski definition) is 0. The maximum absolute atomic E-state index is 14.0. The number of nitrogens with zero attached hydrogens (tertiary/aromatic N) is 2. The predicted molar refractivity (Wildman–Crippen MR) is 156 cm³/mol. The first kappa shape index (κ1) is 29.6. The number of para-hydroxylation sites is 1. The molecule has 2 aromatic carbocycles. The first-order valence-corrected chi connectivity index (χ1v) is 14.2. The van der Waals surface area contributed by atoms with Crippen molar-refractivity contribution in [1.29, 1.82) is 0 Å². The van der Waals surface area contributed by atoms with Crippen molar-refractivity contribution in [3.05, 3.63) is 83.0 Å². The normalized spacial score (nSPS) is 15.1. The van der Waals surface area contributed by atoms with Crippen LogP contribution in [0.4, 0.5) is 0 Å². The van der Waals surface area contributed by atoms with Gasteiger partial charge in [0.2, 0.25) is 0 Å². The first-order valence-electron chi connectivity index (χ1n) is 12.6. The molecule has 212 valence electrons. The molecule has 0 saturated carbocycles. The molecule has 0 unspecified atom stereocenters. The summed E-state index contributed by atoms with van der Waals surface area (Å²) in [6.07, 6.45) is 1.64. The van der Waals surface area contributed by atoms with Gasteiger partial charge in [0.15, 0.2) is 16.3 Å². The Hall–Kier alpha value is -3.41. The van der Waals surface area contributed by atoms with Crippen molar-refractivity contribution in [2.45, 2.75) is 32.9 Å². The van der Waals surface area contributed by atoms with Gasteiger partial charge in [0.1, 0.15) is 18.4 Å². The lowest BCUT2D eigenvalue weighted by Crippen LogP contribution is -2.40. The molecular weight excluding hydrogens is 600 g/mol. The van der Waals surface area contributed by atoms with Gasteiger partial charge in [0, 0.05) is 17.1 Å². The molecule has 1 aliphatic rings. The Kier molecular flexibility index (Phi) is 9.49. The summed E-state index contributed by atoms with van der Waals surface area (Å²) in [6.45, 7) is 5.90. The van der Waals surface area contributed by atoms with E-state index in [0.29, 0.717) is 37.8 Å². The summed E-state index contributed by atoms with van der Waals surface area (Å²) in [5, 5.41) is 0. The standard InChI is InChI=1S/C29H31BrN2O7S/c1-16(2)39-21-10-8-7-9-19(21)26-25(28(34)38-12-11-35-4)17(3)31-29-32(26)27(33)24(40-29)14-18-13-22(36-5)23(37-6)15-20(18)30/h7-10,13-16,26H,11-12H2,1-6H3/b24-14+/t26-/m0/s1. The lowest BCUT2D eigenvalue weighted by molar-refractivity contribution is -0.140. The van der Waals surface area contributed by atoms with Gasteiger partial charge in [-0.2, -0.15) is 0 Å². The smallest absolute Gasteiger partial charge is 0.338 e. The fourth-order valence-corrected chi connectivity index (χ4v) is 5.84. The highest BCUT2D eigenvalue weighted by Crippen LogP contribution is 2.37. The van der Waals surface area contributed by atoms with E-state index >= 15 is 0 Å². The Labute approximate surface area is 244 Å². The number of methoxy groups -OCH3 is 3. The van der Waals surface area contributed by atoms with Crippen molar-refractivity contribution in [3.8, 4) is 17.2 Å². The predicted octanol–water partition coefficient (Wildman–Crippen LogP) is 3.99. The van der Waals surface area contributed by atoms with E-state index in [1.165, 1.54) is 23.0 Å². The third kappa shape index (κ3) is 6.01. The van der Waals surface area contributed by atoms with Crippen LogP contribution in [0.25, 0.3) is 6.08 Å². The number of carbonyl (C=O) groups excluding carboxylic acids is 1. The van der Waals surface area contributed by atoms with Crippen molar-refractivity contribution >= 4 is 39.3 Å². The third-order valence-electron chi connectivity index (χ3n) is 6.13. The Bertz CT molecular complexity index is 1620. The molecule has 0 bridgehead atoms. The molecule has 0 amide bonds. The minimum atomic E-state index is -0.808. The number of hydrogen-bond acceptors (Lipinski definition) is 9. The lowest BCUT2D eigenvalue weighted by Gasteiger charge is -2.27. The van der Waals surface area contributed by atoms with Crippen LogP contribution in [-0.4, -0.2) is 51.2 Å². The zero-order valence-electron chi connectivity index (χ0n) is 23.1. The Morgan fingerprint density at radius 2 is 1.80 bits per heavy atom. The minimum absolute atomic E-state index is 0.0702. The van der Waals surface area contributed by atoms with Gasteiger partial charge in [0.25, 0.3) is 5.56 Å². The number of thiazole rings is 1. The summed E-state index contributed by atoms with van der Waals surface area (Å²) >= 11 is 4.80. The number of allylic oxidation sites excluding steroid dienone is 1. The maximum atomic E-state index is 14.0. The van der Waals surface area contributed by atoms with Gasteiger partial charge < -0.3 is 23.7 Å². The van der Waals surface area contributed by atoms with Crippen molar-refractivity contribution in [3.63, 3.8) is 0 Å². The molecular formula is C29H31BrN2O7S. The lowest BCUT2D eigenvalue weighted by atomic mass is 9.95. The molecule has 0 aliphatic carbocycles. The van der Waals surface area contributed by atoms with Crippen LogP contribution in [-0.2, 0) is 14.3 Å². The van der Waals surface area contributed by atoms with Crippen molar-refractivity contribution in [2.24, 2.45) is 4.99 Å². The van der Waals surface area contributed by atoms with E-state index in [9.17, 15) is 9.59 Å². The molecule has 1 aromatic heterocycles. The van der Waals surface area contributed by atoms with E-state index in [2.05, 4.69) is 20.9 Å². The first-order chi connectivity index (χ1) is 19.2. The molecule has 1 atom stereocenters. The van der Waals surface area contributed by atoms with Crippen LogP contribution >= 0.6 is 27.3 Å². The van der Waals surface area contributed by atoms with E-state index in [-0.39, 0.29) is 30.5 Å². The fourth-order valence-electron chi connectivity index (χ4n) is 4.36. The zero-order chi connectivity index (χ0) is 29.0. The summed E-state index contributed by atoms with van der Waals surface area (Å²) in [7, 11) is 4.64. The van der Waals surface area contributed by atoms with Gasteiger partial charge in [0.05, 0.1) is 42.7 Å². The molecule has 11 heteroatoms. The number of esters is 1. The number of fused-ring (bicyclic) bond motifs is 1. The minimum Gasteiger partial charge on any atom is -0.493 e. The molecule has 9 nitrogen and oxygen atoms in total. The monoisotopic (exact) mass is 630 g/mol. The summed E-state index contributed by atoms with van der Waals surface area (Å²) in [4.78, 5) is 32.6. The molecule has 3 aromatic rings. The van der Waals surface area contributed by atoms with Gasteiger partial charge in [-0.05, 0) is 50.6 Å². The van der Waals surface area contributed by atoms with E-state index in [4.69, 9.17) is 23.7 Å². The van der Waals surface area contributed by atoms with E-state index in [1.807, 2.05) is 38.1 Å². The number of benzene rings is 2. The second-order valence-corrected chi connectivity index (χ2v) is 11.0. The Morgan fingerprint density at radius 3 is 2.48 bits per heavy atom. The third-order valence-corrected chi connectivity index (χ3v) is 7.80. The number of rotatable bonds is 10. The molecule has 0 spiro atoms. The van der Waals surface area contributed by atoms with Crippen LogP contribution in [0.15, 0.2) is 61.9 Å². The van der Waals surface area contributed by atoms with Crippen molar-refractivity contribution in [1.82, 2.24) is 4.57 Å². The number of halogens is 1. The number of ether oxygens (including phenoxy) is 5. The van der Waals surface area contributed by atoms with Gasteiger partial charge >= 0.3 is 5.97 Å². The van der Waals surface area contributed by atoms with E-state index < -0.39 is 12.0 Å². The van der Waals surface area contributed by atoms with Gasteiger partial charge in [-0.1, -0.05) is 45.5 Å². The molecule has 40 heavy (non-hydrogen) atoms. The van der Waals surface area contributed by atoms with E-state index in [0.717, 1.165) is 10.0 Å². The molecule has 4 rings (SSSR count). The molecule has 2 heterocycles. The van der Waals surface area contributed by atoms with E-state index in [1.54, 1.807) is 39.4 Å². The van der Waals surface area contributed by atoms with Crippen LogP contribution in [0.1, 0.15) is 37.9 Å². The zero-order valence-corrected chi connectivity index (χ0v) is 25.6. The number of aromatic nitrogens is 1. The van der Waals surface area contributed by atoms with Gasteiger partial charge in [-0.25, -0.2) is 9.79 Å². The highest BCUT2D eigenvalue weighted by atomic mass is 79.9. The highest BCUT2D eigenvalue weighted by Gasteiger charge is 2.35. The second kappa shape index (κ2) is 12.8. The van der Waals surface area contributed by atoms with Crippen molar-refractivity contribution in [2.75, 3.05) is 34.5 Å². The molecule has 0 saturated heterocycles. The van der Waals surface area contributed by atoms with Crippen LogP contribution < -0.4 is 29.1 Å². The maximum Gasteiger partial charge on any atom is 0.338 e. The molecule has 0 radical (unpaired) electrons. The molecule has 0 fully saturated rings. The molecule has 0 N–H and O–H groups in total. The largest absolute Gasteiger partial charge is 0.493 e. The highest BCUT2D eigenvalue weighted by molar-refractivity contribution is 9.10. The van der Waals surface area contributed by atoms with Gasteiger partial charge in [-0.3, -0.25) is 9.36 Å². The SMILES string of the molecule is COCCOC(=O)C1=C(C)N=c2s/c(=C/c3cc(OC)c(OC)cc3Br)c(=O)n2[C@H]1c1ccccc1OC(C)C. The van der Waals surface area contributed by atoms with Crippen LogP contribution in [0.2, 0.25) is 0 Å². The summed E-state index contributed by atoms with van der Waals surface area (Å²) in [5.74, 6) is 1.08. The quantitative estimate of drug-likeness (QED) is 0.247. The van der Waals surface area contributed by atoms with Crippen molar-refractivity contribution < 1.29 is 28.5 Å². The Morgan fingerprint density at radius 1 is 1.10 bits per heavy atom. The Balaban J connectivity index is 1.94. The van der Waals surface area contributed by atoms with Gasteiger partial charge in [-0.15, -0.1) is 0 Å². The van der Waals surface area contributed by atoms with Crippen LogP contribution in [0, 0.1) is 0 Å². The average Bonchev–Trinajstić information content (AvgIpc) is 3.22.